The first-order chi connectivity index (χ1) is 9.40. The molecule has 0 aliphatic rings. The Morgan fingerprint density at radius 1 is 1.40 bits per heavy atom. The van der Waals surface area contributed by atoms with Crippen molar-refractivity contribution in [2.24, 2.45) is 7.05 Å². The van der Waals surface area contributed by atoms with Crippen molar-refractivity contribution in [3.05, 3.63) is 17.5 Å². The highest BCUT2D eigenvalue weighted by Crippen LogP contribution is 2.08. The maximum Gasteiger partial charge on any atom is 0.215 e. The summed E-state index contributed by atoms with van der Waals surface area (Å²) in [5.74, 6) is 0. The van der Waals surface area contributed by atoms with Crippen molar-refractivity contribution < 1.29 is 8.42 Å². The molecule has 1 aromatic heterocycles. The van der Waals surface area contributed by atoms with Crippen LogP contribution in [0.4, 0.5) is 0 Å². The molecular formula is C13H26N4O2S. The Balaban J connectivity index is 2.58. The fraction of sp³-hybridized carbons (Fsp3) is 0.769. The van der Waals surface area contributed by atoms with Gasteiger partial charge in [-0.05, 0) is 26.3 Å². The minimum absolute atomic E-state index is 0.303. The molecule has 6 nitrogen and oxygen atoms in total. The van der Waals surface area contributed by atoms with Gasteiger partial charge in [-0.3, -0.25) is 4.68 Å². The van der Waals surface area contributed by atoms with E-state index in [9.17, 15) is 8.42 Å². The minimum Gasteiger partial charge on any atom is -0.315 e. The summed E-state index contributed by atoms with van der Waals surface area (Å²) in [5, 5.41) is 6.99. The summed E-state index contributed by atoms with van der Waals surface area (Å²) in [6.07, 6.45) is 3.66. The summed E-state index contributed by atoms with van der Waals surface area (Å²) in [7, 11) is -1.46. The Morgan fingerprint density at radius 2 is 2.10 bits per heavy atom. The van der Waals surface area contributed by atoms with E-state index < -0.39 is 15.3 Å². The fourth-order valence-corrected chi connectivity index (χ4v) is 2.92. The van der Waals surface area contributed by atoms with Crippen LogP contribution in [0.2, 0.25) is 0 Å². The van der Waals surface area contributed by atoms with Crippen LogP contribution in [0.25, 0.3) is 0 Å². The van der Waals surface area contributed by atoms with Gasteiger partial charge in [0.15, 0.2) is 0 Å². The highest BCUT2D eigenvalue weighted by molar-refractivity contribution is 7.90. The highest BCUT2D eigenvalue weighted by atomic mass is 32.2. The molecular weight excluding hydrogens is 276 g/mol. The Hall–Kier alpha value is -0.920. The Bertz CT molecular complexity index is 510. The van der Waals surface area contributed by atoms with Crippen molar-refractivity contribution >= 4 is 10.0 Å². The molecule has 2 N–H and O–H groups in total. The maximum atomic E-state index is 12.1. The molecule has 116 valence electrons. The van der Waals surface area contributed by atoms with Gasteiger partial charge >= 0.3 is 0 Å². The zero-order chi connectivity index (χ0) is 15.2. The second kappa shape index (κ2) is 7.75. The SMILES string of the molecule is CCCNCC(C)S(=O)(=O)NCc1cn(C)nc1CC. The van der Waals surface area contributed by atoms with Gasteiger partial charge in [0.1, 0.15) is 0 Å². The van der Waals surface area contributed by atoms with Gasteiger partial charge in [-0.15, -0.1) is 0 Å². The number of sulfonamides is 1. The average molecular weight is 302 g/mol. The van der Waals surface area contributed by atoms with E-state index in [1.807, 2.05) is 20.2 Å². The molecule has 0 saturated carbocycles. The normalized spacial score (nSPS) is 13.6. The Morgan fingerprint density at radius 3 is 2.70 bits per heavy atom. The van der Waals surface area contributed by atoms with E-state index in [0.717, 1.165) is 30.6 Å². The number of hydrogen-bond donors (Lipinski definition) is 2. The second-order valence-corrected chi connectivity index (χ2v) is 7.19. The molecule has 0 saturated heterocycles. The lowest BCUT2D eigenvalue weighted by Gasteiger charge is -2.14. The Labute approximate surface area is 122 Å². The molecule has 1 rings (SSSR count). The van der Waals surface area contributed by atoms with E-state index in [4.69, 9.17) is 0 Å². The average Bonchev–Trinajstić information content (AvgIpc) is 2.77. The van der Waals surface area contributed by atoms with Crippen LogP contribution in [0, 0.1) is 0 Å². The number of aryl methyl sites for hydroxylation is 2. The van der Waals surface area contributed by atoms with E-state index in [1.165, 1.54) is 0 Å². The van der Waals surface area contributed by atoms with Crippen LogP contribution in [0.15, 0.2) is 6.20 Å². The molecule has 1 heterocycles. The molecule has 1 unspecified atom stereocenters. The van der Waals surface area contributed by atoms with Gasteiger partial charge in [0.25, 0.3) is 0 Å². The quantitative estimate of drug-likeness (QED) is 0.661. The van der Waals surface area contributed by atoms with Gasteiger partial charge in [0, 0.05) is 31.9 Å². The van der Waals surface area contributed by atoms with Crippen LogP contribution in [-0.4, -0.2) is 36.5 Å². The zero-order valence-corrected chi connectivity index (χ0v) is 13.6. The minimum atomic E-state index is -3.30. The van der Waals surface area contributed by atoms with E-state index in [2.05, 4.69) is 22.1 Å². The lowest BCUT2D eigenvalue weighted by Crippen LogP contribution is -2.38. The molecule has 0 aromatic carbocycles. The maximum absolute atomic E-state index is 12.1. The number of hydrogen-bond acceptors (Lipinski definition) is 4. The van der Waals surface area contributed by atoms with Gasteiger partial charge in [0.2, 0.25) is 10.0 Å². The molecule has 0 spiro atoms. The number of rotatable bonds is 9. The van der Waals surface area contributed by atoms with E-state index >= 15 is 0 Å². The first-order valence-electron chi connectivity index (χ1n) is 7.11. The first-order valence-corrected chi connectivity index (χ1v) is 8.65. The Kier molecular flexibility index (Phi) is 6.64. The lowest BCUT2D eigenvalue weighted by atomic mass is 10.2. The van der Waals surface area contributed by atoms with E-state index in [1.54, 1.807) is 11.6 Å². The van der Waals surface area contributed by atoms with Gasteiger partial charge < -0.3 is 5.32 Å². The predicted molar refractivity (Wildman–Crippen MR) is 81.0 cm³/mol. The summed E-state index contributed by atoms with van der Waals surface area (Å²) >= 11 is 0. The number of nitrogens with zero attached hydrogens (tertiary/aromatic N) is 2. The standard InChI is InChI=1S/C13H26N4O2S/c1-5-7-14-8-11(3)20(18,19)15-9-12-10-17(4)16-13(12)6-2/h10-11,14-15H,5-9H2,1-4H3. The third-order valence-electron chi connectivity index (χ3n) is 3.18. The smallest absolute Gasteiger partial charge is 0.215 e. The number of nitrogens with one attached hydrogen (secondary N) is 2. The molecule has 1 aromatic rings. The lowest BCUT2D eigenvalue weighted by molar-refractivity contribution is 0.556. The van der Waals surface area contributed by atoms with Crippen LogP contribution in [0.3, 0.4) is 0 Å². The van der Waals surface area contributed by atoms with Crippen molar-refractivity contribution in [3.8, 4) is 0 Å². The summed E-state index contributed by atoms with van der Waals surface area (Å²) in [5.41, 5.74) is 1.87. The predicted octanol–water partition coefficient (Wildman–Crippen LogP) is 0.790. The van der Waals surface area contributed by atoms with Crippen molar-refractivity contribution in [3.63, 3.8) is 0 Å². The monoisotopic (exact) mass is 302 g/mol. The van der Waals surface area contributed by atoms with Crippen LogP contribution in [0.1, 0.15) is 38.4 Å². The molecule has 0 fully saturated rings. The van der Waals surface area contributed by atoms with Crippen LogP contribution in [0.5, 0.6) is 0 Å². The summed E-state index contributed by atoms with van der Waals surface area (Å²) in [6.45, 7) is 7.39. The summed E-state index contributed by atoms with van der Waals surface area (Å²) in [4.78, 5) is 0. The van der Waals surface area contributed by atoms with Crippen LogP contribution < -0.4 is 10.0 Å². The van der Waals surface area contributed by atoms with Crippen molar-refractivity contribution in [2.45, 2.75) is 45.4 Å². The van der Waals surface area contributed by atoms with Gasteiger partial charge in [-0.2, -0.15) is 5.10 Å². The molecule has 0 amide bonds. The van der Waals surface area contributed by atoms with Crippen molar-refractivity contribution in [1.29, 1.82) is 0 Å². The van der Waals surface area contributed by atoms with Gasteiger partial charge in [0.05, 0.1) is 10.9 Å². The molecule has 20 heavy (non-hydrogen) atoms. The molecule has 0 bridgehead atoms. The first kappa shape index (κ1) is 17.1. The summed E-state index contributed by atoms with van der Waals surface area (Å²) in [6, 6.07) is 0. The molecule has 7 heteroatoms. The largest absolute Gasteiger partial charge is 0.315 e. The molecule has 0 radical (unpaired) electrons. The van der Waals surface area contributed by atoms with Crippen molar-refractivity contribution in [1.82, 2.24) is 19.8 Å². The zero-order valence-electron chi connectivity index (χ0n) is 12.8. The fourth-order valence-electron chi connectivity index (χ4n) is 1.94. The van der Waals surface area contributed by atoms with Gasteiger partial charge in [-0.25, -0.2) is 13.1 Å². The highest BCUT2D eigenvalue weighted by Gasteiger charge is 2.20. The second-order valence-electron chi connectivity index (χ2n) is 5.01. The third kappa shape index (κ3) is 4.88. The number of aromatic nitrogens is 2. The van der Waals surface area contributed by atoms with E-state index in [0.29, 0.717) is 13.1 Å². The third-order valence-corrected chi connectivity index (χ3v) is 4.95. The molecule has 1 atom stereocenters. The molecule has 0 aliphatic heterocycles. The van der Waals surface area contributed by atoms with Crippen LogP contribution in [-0.2, 0) is 30.0 Å². The van der Waals surface area contributed by atoms with E-state index in [-0.39, 0.29) is 0 Å². The van der Waals surface area contributed by atoms with Crippen LogP contribution >= 0.6 is 0 Å². The molecule has 0 aliphatic carbocycles. The van der Waals surface area contributed by atoms with Crippen molar-refractivity contribution in [2.75, 3.05) is 13.1 Å². The summed E-state index contributed by atoms with van der Waals surface area (Å²) < 4.78 is 28.6. The van der Waals surface area contributed by atoms with Gasteiger partial charge in [-0.1, -0.05) is 13.8 Å². The topological polar surface area (TPSA) is 76.0 Å².